The Balaban J connectivity index is 2.49. The van der Waals surface area contributed by atoms with E-state index < -0.39 is 51.0 Å². The molecule has 2 heterocycles. The number of aliphatic hydroxyl groups is 3. The van der Waals surface area contributed by atoms with Gasteiger partial charge >= 0.3 is 13.5 Å². The maximum atomic E-state index is 14.9. The van der Waals surface area contributed by atoms with Crippen molar-refractivity contribution in [2.24, 2.45) is 0 Å². The minimum Gasteiger partial charge on any atom is -0.392 e. The molecular weight excluding hydrogens is 374 g/mol. The van der Waals surface area contributed by atoms with E-state index in [4.69, 9.17) is 29.9 Å². The number of aromatic amines is 1. The lowest BCUT2D eigenvalue weighted by Gasteiger charge is -2.22. The van der Waals surface area contributed by atoms with E-state index in [0.717, 1.165) is 6.20 Å². The molecular formula is C10H14FN2O9PS. The quantitative estimate of drug-likeness (QED) is 0.254. The van der Waals surface area contributed by atoms with Gasteiger partial charge in [-0.1, -0.05) is 12.2 Å². The highest BCUT2D eigenvalue weighted by Gasteiger charge is 2.57. The minimum atomic E-state index is -5.56. The van der Waals surface area contributed by atoms with Crippen LogP contribution in [0.3, 0.4) is 0 Å². The average molecular weight is 390 g/mol. The number of aliphatic hydroxyl groups excluding tert-OH is 3. The first kappa shape index (κ1) is 16.4. The number of phosphoric acid groups is 1. The van der Waals surface area contributed by atoms with Gasteiger partial charge in [0.05, 0.1) is 9.35 Å². The minimum absolute atomic E-state index is 0.0317. The molecule has 136 valence electrons. The third-order valence-corrected chi connectivity index (χ3v) is 3.77. The Labute approximate surface area is 141 Å². The van der Waals surface area contributed by atoms with Crippen molar-refractivity contribution >= 4 is 20.0 Å². The molecule has 24 heavy (non-hydrogen) atoms. The molecule has 1 fully saturated rings. The molecule has 14 heteroatoms. The van der Waals surface area contributed by atoms with Crippen molar-refractivity contribution in [2.45, 2.75) is 30.9 Å². The van der Waals surface area contributed by atoms with Crippen molar-refractivity contribution in [3.63, 3.8) is 0 Å². The second-order valence-electron chi connectivity index (χ2n) is 4.75. The Kier molecular flexibility index (Phi) is 4.60. The van der Waals surface area contributed by atoms with Gasteiger partial charge in [0.15, 0.2) is 6.23 Å². The van der Waals surface area contributed by atoms with E-state index >= 15 is 0 Å². The molecule has 0 aromatic carbocycles. The van der Waals surface area contributed by atoms with Crippen LogP contribution in [-0.4, -0.2) is 59.3 Å². The standard InChI is InChI=1S/C10H14FN2O9PS/c11-10(3-21-23(18,19)20)6(16)5(15)8(22-10)13-1-4(2-14)7(24)12-9(13)17/h1,5-6,8,14-16H,2-3H2,(H,12,17,24)(H2,18,19,20)/t5-,6+,8-,10-/m1/s1/i3D2. The third kappa shape index (κ3) is 3.79. The fraction of sp³-hybridized carbons (Fsp3) is 0.600. The Hall–Kier alpha value is -1.02. The molecule has 0 unspecified atom stereocenters. The molecule has 0 radical (unpaired) electrons. The molecule has 1 aromatic heterocycles. The maximum absolute atomic E-state index is 14.9. The van der Waals surface area contributed by atoms with Gasteiger partial charge in [-0.2, -0.15) is 0 Å². The van der Waals surface area contributed by atoms with Crippen LogP contribution in [0.1, 0.15) is 14.5 Å². The van der Waals surface area contributed by atoms with Crippen LogP contribution in [-0.2, 0) is 20.4 Å². The number of nitrogens with one attached hydrogen (secondary N) is 1. The predicted octanol–water partition coefficient (Wildman–Crippen LogP) is -1.58. The summed E-state index contributed by atoms with van der Waals surface area (Å²) in [4.78, 5) is 31.4. The van der Waals surface area contributed by atoms with Gasteiger partial charge in [-0.25, -0.2) is 13.8 Å². The van der Waals surface area contributed by atoms with Crippen molar-refractivity contribution in [1.29, 1.82) is 0 Å². The molecule has 1 aliphatic heterocycles. The van der Waals surface area contributed by atoms with Crippen LogP contribution in [0.2, 0.25) is 0 Å². The largest absolute Gasteiger partial charge is 0.469 e. The zero-order chi connectivity index (χ0) is 20.1. The zero-order valence-electron chi connectivity index (χ0n) is 13.6. The van der Waals surface area contributed by atoms with Gasteiger partial charge in [0, 0.05) is 11.8 Å². The van der Waals surface area contributed by atoms with Crippen LogP contribution in [0.25, 0.3) is 0 Å². The first-order chi connectivity index (χ1) is 11.7. The van der Waals surface area contributed by atoms with E-state index in [1.54, 1.807) is 0 Å². The number of rotatable bonds is 5. The highest BCUT2D eigenvalue weighted by Crippen LogP contribution is 2.43. The van der Waals surface area contributed by atoms with Crippen LogP contribution in [0.15, 0.2) is 11.0 Å². The van der Waals surface area contributed by atoms with Gasteiger partial charge in [0.2, 0.25) is 0 Å². The molecule has 4 atom stereocenters. The van der Waals surface area contributed by atoms with E-state index in [1.807, 2.05) is 0 Å². The number of hydrogen-bond acceptors (Lipinski definition) is 8. The number of nitrogens with zero attached hydrogens (tertiary/aromatic N) is 1. The van der Waals surface area contributed by atoms with Crippen molar-refractivity contribution in [3.05, 3.63) is 26.9 Å². The number of H-pyrrole nitrogens is 1. The van der Waals surface area contributed by atoms with Gasteiger partial charge in [0.25, 0.3) is 5.85 Å². The third-order valence-electron chi connectivity index (χ3n) is 3.08. The topological polar surface area (TPSA) is 174 Å². The predicted molar refractivity (Wildman–Crippen MR) is 75.8 cm³/mol. The highest BCUT2D eigenvalue weighted by atomic mass is 32.1. The second kappa shape index (κ2) is 6.71. The molecule has 0 amide bonds. The summed E-state index contributed by atoms with van der Waals surface area (Å²) < 4.78 is 49.1. The van der Waals surface area contributed by atoms with Crippen LogP contribution < -0.4 is 5.69 Å². The Morgan fingerprint density at radius 3 is 2.75 bits per heavy atom. The highest BCUT2D eigenvalue weighted by molar-refractivity contribution is 7.71. The van der Waals surface area contributed by atoms with Crippen LogP contribution in [0, 0.1) is 4.64 Å². The molecule has 6 N–H and O–H groups in total. The molecule has 1 aliphatic rings. The summed E-state index contributed by atoms with van der Waals surface area (Å²) in [5.41, 5.74) is -1.08. The van der Waals surface area contributed by atoms with E-state index in [2.05, 4.69) is 14.2 Å². The number of halogens is 1. The number of alkyl halides is 1. The second-order valence-corrected chi connectivity index (χ2v) is 6.32. The van der Waals surface area contributed by atoms with Gasteiger partial charge in [-0.15, -0.1) is 0 Å². The summed E-state index contributed by atoms with van der Waals surface area (Å²) >= 11 is 4.77. The van der Waals surface area contributed by atoms with Crippen molar-refractivity contribution in [3.8, 4) is 0 Å². The molecule has 0 aliphatic carbocycles. The molecule has 0 spiro atoms. The van der Waals surface area contributed by atoms with Crippen molar-refractivity contribution in [2.75, 3.05) is 6.56 Å². The molecule has 2 rings (SSSR count). The summed E-state index contributed by atoms with van der Waals surface area (Å²) in [5, 5.41) is 29.0. The summed E-state index contributed by atoms with van der Waals surface area (Å²) in [6.45, 7) is -4.56. The van der Waals surface area contributed by atoms with E-state index in [9.17, 15) is 24.0 Å². The van der Waals surface area contributed by atoms with Gasteiger partial charge in [0.1, 0.15) is 23.4 Å². The number of phosphoric ester groups is 1. The van der Waals surface area contributed by atoms with Crippen LogP contribution in [0.4, 0.5) is 4.39 Å². The average Bonchev–Trinajstić information content (AvgIpc) is 2.71. The van der Waals surface area contributed by atoms with Crippen LogP contribution in [0.5, 0.6) is 0 Å². The Bertz CT molecular complexity index is 860. The molecule has 0 saturated carbocycles. The Morgan fingerprint density at radius 1 is 1.58 bits per heavy atom. The fourth-order valence-corrected chi connectivity index (χ4v) is 2.39. The van der Waals surface area contributed by atoms with Gasteiger partial charge < -0.3 is 29.8 Å². The number of hydrogen-bond donors (Lipinski definition) is 6. The summed E-state index contributed by atoms with van der Waals surface area (Å²) in [6, 6.07) is 0. The number of ether oxygens (including phenoxy) is 1. The van der Waals surface area contributed by atoms with E-state index in [1.165, 1.54) is 0 Å². The summed E-state index contributed by atoms with van der Waals surface area (Å²) in [7, 11) is -5.56. The lowest BCUT2D eigenvalue weighted by Crippen LogP contribution is -2.42. The molecule has 0 bridgehead atoms. The van der Waals surface area contributed by atoms with Crippen LogP contribution >= 0.6 is 20.0 Å². The van der Waals surface area contributed by atoms with Gasteiger partial charge in [-0.05, 0) is 0 Å². The van der Waals surface area contributed by atoms with Crippen molar-refractivity contribution in [1.82, 2.24) is 9.55 Å². The zero-order valence-corrected chi connectivity index (χ0v) is 13.3. The lowest BCUT2D eigenvalue weighted by atomic mass is 10.1. The molecule has 11 nitrogen and oxygen atoms in total. The number of aromatic nitrogens is 2. The lowest BCUT2D eigenvalue weighted by molar-refractivity contribution is -0.205. The smallest absolute Gasteiger partial charge is 0.392 e. The fourth-order valence-electron chi connectivity index (χ4n) is 1.95. The van der Waals surface area contributed by atoms with E-state index in [-0.39, 0.29) is 10.2 Å². The maximum Gasteiger partial charge on any atom is 0.469 e. The van der Waals surface area contributed by atoms with Crippen molar-refractivity contribution < 1.29 is 46.1 Å². The SMILES string of the molecule is [2H]C([2H])(OP(=O)(O)O)[C@@]1(F)O[C@@H](n2cc(CO)c(=S)[nH]c2=O)[C@H](O)[C@@H]1O. The van der Waals surface area contributed by atoms with Gasteiger partial charge in [-0.3, -0.25) is 14.1 Å². The first-order valence-corrected chi connectivity index (χ1v) is 8.12. The monoisotopic (exact) mass is 390 g/mol. The normalized spacial score (nSPS) is 32.5. The summed E-state index contributed by atoms with van der Waals surface area (Å²) in [5.74, 6) is -3.95. The summed E-state index contributed by atoms with van der Waals surface area (Å²) in [6.07, 6.45) is -6.09. The molecule has 1 aromatic rings. The van der Waals surface area contributed by atoms with E-state index in [0.29, 0.717) is 4.57 Å². The molecule has 1 saturated heterocycles. The Morgan fingerprint density at radius 2 is 2.21 bits per heavy atom. The first-order valence-electron chi connectivity index (χ1n) is 7.18.